The quantitative estimate of drug-likeness (QED) is 0.790. The van der Waals surface area contributed by atoms with Crippen LogP contribution in [0.3, 0.4) is 0 Å². The van der Waals surface area contributed by atoms with E-state index in [9.17, 15) is 9.18 Å². The number of carbonyl (C=O) groups is 1. The van der Waals surface area contributed by atoms with Gasteiger partial charge in [-0.2, -0.15) is 0 Å². The highest BCUT2D eigenvalue weighted by molar-refractivity contribution is 5.80. The lowest BCUT2D eigenvalue weighted by molar-refractivity contribution is -0.137. The molecule has 0 N–H and O–H groups in total. The number of ether oxygens (including phenoxy) is 1. The predicted molar refractivity (Wildman–Crippen MR) is 64.4 cm³/mol. The smallest absolute Gasteiger partial charge is 0.263 e. The first-order chi connectivity index (χ1) is 8.10. The molecule has 1 aromatic carbocycles. The minimum Gasteiger partial charge on any atom is -0.478 e. The fourth-order valence-corrected chi connectivity index (χ4v) is 1.57. The molecule has 17 heavy (non-hydrogen) atoms. The molecular weight excluding hydrogens is 221 g/mol. The van der Waals surface area contributed by atoms with Crippen LogP contribution < -0.4 is 4.74 Å². The van der Waals surface area contributed by atoms with Crippen molar-refractivity contribution in [2.45, 2.75) is 26.9 Å². The Morgan fingerprint density at radius 1 is 1.35 bits per heavy atom. The van der Waals surface area contributed by atoms with Crippen molar-refractivity contribution in [3.05, 3.63) is 30.1 Å². The fraction of sp³-hybridized carbons (Fsp3) is 0.462. The van der Waals surface area contributed by atoms with Crippen LogP contribution in [-0.4, -0.2) is 30.0 Å². The summed E-state index contributed by atoms with van der Waals surface area (Å²) < 4.78 is 18.7. The van der Waals surface area contributed by atoms with E-state index in [4.69, 9.17) is 4.74 Å². The van der Waals surface area contributed by atoms with Gasteiger partial charge in [0.2, 0.25) is 0 Å². The molecule has 94 valence electrons. The van der Waals surface area contributed by atoms with Crippen molar-refractivity contribution in [3.63, 3.8) is 0 Å². The van der Waals surface area contributed by atoms with Gasteiger partial charge in [0.1, 0.15) is 0 Å². The Labute approximate surface area is 101 Å². The zero-order valence-electron chi connectivity index (χ0n) is 10.4. The van der Waals surface area contributed by atoms with Gasteiger partial charge < -0.3 is 9.64 Å². The maximum Gasteiger partial charge on any atom is 0.263 e. The Bertz CT molecular complexity index is 377. The third-order valence-electron chi connectivity index (χ3n) is 2.56. The van der Waals surface area contributed by atoms with Crippen LogP contribution in [0.1, 0.15) is 20.8 Å². The lowest BCUT2D eigenvalue weighted by Gasteiger charge is -2.23. The number of hydrogen-bond acceptors (Lipinski definition) is 2. The summed E-state index contributed by atoms with van der Waals surface area (Å²) >= 11 is 0. The average Bonchev–Trinajstić information content (AvgIpc) is 2.33. The Hall–Kier alpha value is -1.58. The molecule has 0 spiro atoms. The van der Waals surface area contributed by atoms with E-state index in [1.54, 1.807) is 24.0 Å². The number of carbonyl (C=O) groups excluding carboxylic acids is 1. The number of rotatable bonds is 5. The van der Waals surface area contributed by atoms with Gasteiger partial charge in [0.05, 0.1) is 0 Å². The minimum atomic E-state index is -0.674. The van der Waals surface area contributed by atoms with Gasteiger partial charge in [-0.3, -0.25) is 4.79 Å². The van der Waals surface area contributed by atoms with Gasteiger partial charge in [-0.25, -0.2) is 4.39 Å². The van der Waals surface area contributed by atoms with E-state index in [1.807, 2.05) is 13.8 Å². The van der Waals surface area contributed by atoms with Crippen molar-refractivity contribution >= 4 is 5.91 Å². The van der Waals surface area contributed by atoms with Crippen molar-refractivity contribution in [1.29, 1.82) is 0 Å². The van der Waals surface area contributed by atoms with Crippen molar-refractivity contribution in [2.24, 2.45) is 0 Å². The summed E-state index contributed by atoms with van der Waals surface area (Å²) in [5.41, 5.74) is 0. The van der Waals surface area contributed by atoms with Crippen molar-refractivity contribution in [2.75, 3.05) is 13.1 Å². The molecule has 3 nitrogen and oxygen atoms in total. The number of amides is 1. The lowest BCUT2D eigenvalue weighted by Crippen LogP contribution is -2.40. The second-order valence-electron chi connectivity index (χ2n) is 3.70. The summed E-state index contributed by atoms with van der Waals surface area (Å²) in [6.07, 6.45) is -0.674. The Kier molecular flexibility index (Phi) is 4.94. The molecule has 0 aliphatic heterocycles. The topological polar surface area (TPSA) is 29.5 Å². The molecule has 1 atom stereocenters. The zero-order chi connectivity index (χ0) is 12.8. The molecule has 1 aromatic rings. The zero-order valence-corrected chi connectivity index (χ0v) is 10.4. The second-order valence-corrected chi connectivity index (χ2v) is 3.70. The molecule has 1 amide bonds. The molecule has 1 rings (SSSR count). The first kappa shape index (κ1) is 13.5. The van der Waals surface area contributed by atoms with Gasteiger partial charge in [-0.15, -0.1) is 0 Å². The van der Waals surface area contributed by atoms with Crippen LogP contribution in [-0.2, 0) is 4.79 Å². The number of nitrogens with zero attached hydrogens (tertiary/aromatic N) is 1. The maximum atomic E-state index is 13.3. The highest BCUT2D eigenvalue weighted by Gasteiger charge is 2.20. The van der Waals surface area contributed by atoms with Crippen molar-refractivity contribution in [3.8, 4) is 5.75 Å². The average molecular weight is 239 g/mol. The maximum absolute atomic E-state index is 13.3. The molecular formula is C13H18FNO2. The van der Waals surface area contributed by atoms with Crippen molar-refractivity contribution in [1.82, 2.24) is 4.90 Å². The van der Waals surface area contributed by atoms with Gasteiger partial charge in [0.15, 0.2) is 17.7 Å². The lowest BCUT2D eigenvalue weighted by atomic mass is 10.3. The normalized spacial score (nSPS) is 12.0. The van der Waals surface area contributed by atoms with Gasteiger partial charge >= 0.3 is 0 Å². The molecule has 0 saturated carbocycles. The molecule has 0 aliphatic carbocycles. The molecule has 0 heterocycles. The van der Waals surface area contributed by atoms with Crippen LogP contribution in [0.2, 0.25) is 0 Å². The largest absolute Gasteiger partial charge is 0.478 e. The third kappa shape index (κ3) is 3.44. The van der Waals surface area contributed by atoms with Crippen LogP contribution in [0.5, 0.6) is 5.75 Å². The van der Waals surface area contributed by atoms with Gasteiger partial charge in [-0.05, 0) is 32.9 Å². The summed E-state index contributed by atoms with van der Waals surface area (Å²) in [7, 11) is 0. The number of hydrogen-bond donors (Lipinski definition) is 0. The summed E-state index contributed by atoms with van der Waals surface area (Å²) in [5.74, 6) is -0.467. The summed E-state index contributed by atoms with van der Waals surface area (Å²) in [4.78, 5) is 13.6. The van der Waals surface area contributed by atoms with E-state index in [-0.39, 0.29) is 11.7 Å². The molecule has 0 aliphatic rings. The monoisotopic (exact) mass is 239 g/mol. The van der Waals surface area contributed by atoms with E-state index in [0.717, 1.165) is 0 Å². The van der Waals surface area contributed by atoms with E-state index in [1.165, 1.54) is 12.1 Å². The van der Waals surface area contributed by atoms with E-state index >= 15 is 0 Å². The highest BCUT2D eigenvalue weighted by Crippen LogP contribution is 2.17. The Morgan fingerprint density at radius 2 is 1.94 bits per heavy atom. The number of halogens is 1. The number of para-hydroxylation sites is 1. The summed E-state index contributed by atoms with van der Waals surface area (Å²) in [6.45, 7) is 6.68. The fourth-order valence-electron chi connectivity index (χ4n) is 1.57. The minimum absolute atomic E-state index is 0.112. The predicted octanol–water partition coefficient (Wildman–Crippen LogP) is 2.46. The van der Waals surface area contributed by atoms with Crippen molar-refractivity contribution < 1.29 is 13.9 Å². The van der Waals surface area contributed by atoms with Gasteiger partial charge in [0.25, 0.3) is 5.91 Å². The van der Waals surface area contributed by atoms with Crippen LogP contribution in [0, 0.1) is 5.82 Å². The molecule has 4 heteroatoms. The molecule has 0 bridgehead atoms. The van der Waals surface area contributed by atoms with E-state index < -0.39 is 11.9 Å². The number of benzene rings is 1. The summed E-state index contributed by atoms with van der Waals surface area (Å²) in [5, 5.41) is 0. The number of likely N-dealkylation sites (N-methyl/N-ethyl adjacent to an activating group) is 1. The van der Waals surface area contributed by atoms with Gasteiger partial charge in [0, 0.05) is 13.1 Å². The van der Waals surface area contributed by atoms with Gasteiger partial charge in [-0.1, -0.05) is 12.1 Å². The molecule has 1 unspecified atom stereocenters. The Morgan fingerprint density at radius 3 is 2.47 bits per heavy atom. The first-order valence-corrected chi connectivity index (χ1v) is 5.80. The van der Waals surface area contributed by atoms with Crippen LogP contribution in [0.25, 0.3) is 0 Å². The third-order valence-corrected chi connectivity index (χ3v) is 2.56. The SMILES string of the molecule is CCN(CC)C(=O)C(C)Oc1ccccc1F. The molecule has 0 radical (unpaired) electrons. The van der Waals surface area contributed by atoms with E-state index in [0.29, 0.717) is 13.1 Å². The van der Waals surface area contributed by atoms with Crippen LogP contribution in [0.4, 0.5) is 4.39 Å². The highest BCUT2D eigenvalue weighted by atomic mass is 19.1. The molecule has 0 aromatic heterocycles. The Balaban J connectivity index is 2.69. The standard InChI is InChI=1S/C13H18FNO2/c1-4-15(5-2)13(16)10(3)17-12-9-7-6-8-11(12)14/h6-10H,4-5H2,1-3H3. The summed E-state index contributed by atoms with van der Waals surface area (Å²) in [6, 6.07) is 6.08. The van der Waals surface area contributed by atoms with Crippen LogP contribution >= 0.6 is 0 Å². The first-order valence-electron chi connectivity index (χ1n) is 5.80. The molecule has 0 saturated heterocycles. The molecule has 0 fully saturated rings. The second kappa shape index (κ2) is 6.23. The van der Waals surface area contributed by atoms with Crippen LogP contribution in [0.15, 0.2) is 24.3 Å². The van der Waals surface area contributed by atoms with E-state index in [2.05, 4.69) is 0 Å².